The zero-order chi connectivity index (χ0) is 11.2. The third kappa shape index (κ3) is 6.62. The molecule has 0 aromatic heterocycles. The van der Waals surface area contributed by atoms with Gasteiger partial charge in [-0.3, -0.25) is 4.79 Å². The fourth-order valence-corrected chi connectivity index (χ4v) is 1.28. The topological polar surface area (TPSA) is 49.3 Å². The van der Waals surface area contributed by atoms with Crippen molar-refractivity contribution >= 4 is 5.91 Å². The lowest BCUT2D eigenvalue weighted by molar-refractivity contribution is -0.894. The van der Waals surface area contributed by atoms with Crippen molar-refractivity contribution in [2.75, 3.05) is 27.3 Å². The third-order valence-electron chi connectivity index (χ3n) is 1.76. The van der Waals surface area contributed by atoms with Crippen LogP contribution in [0, 0.1) is 0 Å². The maximum atomic E-state index is 11.1. The number of hydrogen-bond acceptors (Lipinski definition) is 2. The second kappa shape index (κ2) is 5.78. The molecule has 1 atom stereocenters. The Balaban J connectivity index is 3.92. The molecule has 1 amide bonds. The number of nitrogens with zero attached hydrogens (tertiary/aromatic N) is 1. The molecule has 0 saturated heterocycles. The van der Waals surface area contributed by atoms with E-state index < -0.39 is 0 Å². The molecule has 0 aliphatic carbocycles. The monoisotopic (exact) mass is 201 g/mol. The number of hydrogen-bond donors (Lipinski definition) is 2. The standard InChI is InChI=1S/C10H20N2O2/c1-5-6-10(14)11-8-12(3,4)7-9(2)13/h5-6,9,13H,7-8H2,1-4H3/p+1. The van der Waals surface area contributed by atoms with E-state index in [0.29, 0.717) is 17.7 Å². The van der Waals surface area contributed by atoms with Crippen molar-refractivity contribution in [3.8, 4) is 0 Å². The first-order valence-corrected chi connectivity index (χ1v) is 4.78. The first kappa shape index (κ1) is 13.1. The second-order valence-corrected chi connectivity index (χ2v) is 4.17. The summed E-state index contributed by atoms with van der Waals surface area (Å²) >= 11 is 0. The molecule has 0 aromatic carbocycles. The number of likely N-dealkylation sites (N-methyl/N-ethyl adjacent to an activating group) is 1. The molecule has 0 aromatic rings. The summed E-state index contributed by atoms with van der Waals surface area (Å²) in [5.74, 6) is -0.0932. The van der Waals surface area contributed by atoms with Crippen LogP contribution in [0.5, 0.6) is 0 Å². The number of amides is 1. The summed E-state index contributed by atoms with van der Waals surface area (Å²) in [5.41, 5.74) is 0. The van der Waals surface area contributed by atoms with Crippen molar-refractivity contribution in [1.29, 1.82) is 0 Å². The Labute approximate surface area is 85.8 Å². The van der Waals surface area contributed by atoms with Crippen molar-refractivity contribution in [1.82, 2.24) is 5.32 Å². The highest BCUT2D eigenvalue weighted by molar-refractivity contribution is 5.87. The SMILES string of the molecule is CC=CC(=O)NC[N+](C)(C)CC(C)O. The van der Waals surface area contributed by atoms with Gasteiger partial charge in [-0.2, -0.15) is 0 Å². The molecule has 0 heterocycles. The van der Waals surface area contributed by atoms with Gasteiger partial charge in [0.2, 0.25) is 5.91 Å². The molecule has 82 valence electrons. The van der Waals surface area contributed by atoms with Crippen molar-refractivity contribution in [2.45, 2.75) is 20.0 Å². The molecule has 0 rings (SSSR count). The number of nitrogens with one attached hydrogen (secondary N) is 1. The van der Waals surface area contributed by atoms with Crippen molar-refractivity contribution in [3.05, 3.63) is 12.2 Å². The molecule has 0 bridgehead atoms. The van der Waals surface area contributed by atoms with Gasteiger partial charge in [-0.1, -0.05) is 6.08 Å². The van der Waals surface area contributed by atoms with Gasteiger partial charge < -0.3 is 14.9 Å². The average Bonchev–Trinajstić information content (AvgIpc) is 1.99. The molecule has 0 saturated carbocycles. The summed E-state index contributed by atoms with van der Waals surface area (Å²) in [6.07, 6.45) is 2.83. The minimum absolute atomic E-state index is 0.0932. The van der Waals surface area contributed by atoms with Crippen LogP contribution in [-0.2, 0) is 4.79 Å². The highest BCUT2D eigenvalue weighted by Crippen LogP contribution is 1.97. The fraction of sp³-hybridized carbons (Fsp3) is 0.700. The molecular formula is C10H21N2O2+. The number of allylic oxidation sites excluding steroid dienone is 1. The molecule has 0 spiro atoms. The summed E-state index contributed by atoms with van der Waals surface area (Å²) < 4.78 is 0.570. The Kier molecular flexibility index (Phi) is 5.42. The van der Waals surface area contributed by atoms with E-state index in [4.69, 9.17) is 0 Å². The number of carbonyl (C=O) groups is 1. The first-order valence-electron chi connectivity index (χ1n) is 4.78. The Hall–Kier alpha value is -0.870. The molecule has 2 N–H and O–H groups in total. The Morgan fingerprint density at radius 3 is 2.57 bits per heavy atom. The smallest absolute Gasteiger partial charge is 0.247 e. The maximum absolute atomic E-state index is 11.1. The van der Waals surface area contributed by atoms with Gasteiger partial charge in [0.1, 0.15) is 12.6 Å². The lowest BCUT2D eigenvalue weighted by Gasteiger charge is -2.30. The van der Waals surface area contributed by atoms with Crippen molar-refractivity contribution in [2.24, 2.45) is 0 Å². The van der Waals surface area contributed by atoms with E-state index in [0.717, 1.165) is 0 Å². The number of rotatable bonds is 5. The summed E-state index contributed by atoms with van der Waals surface area (Å²) in [6, 6.07) is 0. The normalized spacial score (nSPS) is 14.4. The van der Waals surface area contributed by atoms with Gasteiger partial charge in [0.15, 0.2) is 6.67 Å². The Morgan fingerprint density at radius 1 is 1.57 bits per heavy atom. The van der Waals surface area contributed by atoms with Crippen LogP contribution in [0.1, 0.15) is 13.8 Å². The molecule has 14 heavy (non-hydrogen) atoms. The van der Waals surface area contributed by atoms with Crippen LogP contribution < -0.4 is 5.32 Å². The van der Waals surface area contributed by atoms with Crippen LogP contribution in [0.4, 0.5) is 0 Å². The molecule has 0 aliphatic heterocycles. The number of aliphatic hydroxyl groups is 1. The van der Waals surface area contributed by atoms with Gasteiger partial charge in [0, 0.05) is 0 Å². The van der Waals surface area contributed by atoms with Crippen molar-refractivity contribution < 1.29 is 14.4 Å². The lowest BCUT2D eigenvalue weighted by atomic mass is 10.3. The van der Waals surface area contributed by atoms with E-state index in [2.05, 4.69) is 5.32 Å². The molecule has 0 aliphatic rings. The van der Waals surface area contributed by atoms with Crippen LogP contribution in [0.15, 0.2) is 12.2 Å². The van der Waals surface area contributed by atoms with Crippen LogP contribution in [-0.4, -0.2) is 48.9 Å². The first-order chi connectivity index (χ1) is 6.37. The van der Waals surface area contributed by atoms with Gasteiger partial charge in [-0.15, -0.1) is 0 Å². The number of carbonyl (C=O) groups excluding carboxylic acids is 1. The van der Waals surface area contributed by atoms with Gasteiger partial charge in [0.05, 0.1) is 14.1 Å². The zero-order valence-corrected chi connectivity index (χ0v) is 9.45. The molecule has 4 nitrogen and oxygen atoms in total. The van der Waals surface area contributed by atoms with E-state index in [1.54, 1.807) is 19.9 Å². The zero-order valence-electron chi connectivity index (χ0n) is 9.45. The van der Waals surface area contributed by atoms with Gasteiger partial charge in [-0.05, 0) is 19.9 Å². The van der Waals surface area contributed by atoms with E-state index >= 15 is 0 Å². The van der Waals surface area contributed by atoms with Crippen LogP contribution in [0.25, 0.3) is 0 Å². The molecule has 0 fully saturated rings. The highest BCUT2D eigenvalue weighted by Gasteiger charge is 2.17. The predicted molar refractivity (Wildman–Crippen MR) is 56.5 cm³/mol. The second-order valence-electron chi connectivity index (χ2n) is 4.17. The van der Waals surface area contributed by atoms with Gasteiger partial charge >= 0.3 is 0 Å². The van der Waals surface area contributed by atoms with Gasteiger partial charge in [-0.25, -0.2) is 0 Å². The quantitative estimate of drug-likeness (QED) is 0.376. The number of aliphatic hydroxyl groups excluding tert-OH is 1. The molecular weight excluding hydrogens is 180 g/mol. The van der Waals surface area contributed by atoms with Crippen molar-refractivity contribution in [3.63, 3.8) is 0 Å². The van der Waals surface area contributed by atoms with Crippen LogP contribution in [0.3, 0.4) is 0 Å². The largest absolute Gasteiger partial charge is 0.388 e. The summed E-state index contributed by atoms with van der Waals surface area (Å²) in [5, 5.41) is 12.0. The predicted octanol–water partition coefficient (Wildman–Crippen LogP) is 0.0934. The molecule has 0 radical (unpaired) electrons. The number of quaternary nitrogens is 1. The van der Waals surface area contributed by atoms with E-state index in [9.17, 15) is 9.90 Å². The van der Waals surface area contributed by atoms with Crippen LogP contribution >= 0.6 is 0 Å². The summed E-state index contributed by atoms with van der Waals surface area (Å²) in [7, 11) is 3.92. The molecule has 1 unspecified atom stereocenters. The van der Waals surface area contributed by atoms with E-state index in [1.165, 1.54) is 6.08 Å². The minimum Gasteiger partial charge on any atom is -0.388 e. The summed E-state index contributed by atoms with van der Waals surface area (Å²) in [4.78, 5) is 11.1. The summed E-state index contributed by atoms with van der Waals surface area (Å²) in [6.45, 7) is 4.69. The molecule has 4 heteroatoms. The highest BCUT2D eigenvalue weighted by atomic mass is 16.3. The maximum Gasteiger partial charge on any atom is 0.247 e. The lowest BCUT2D eigenvalue weighted by Crippen LogP contribution is -2.51. The van der Waals surface area contributed by atoms with E-state index in [1.807, 2.05) is 14.1 Å². The van der Waals surface area contributed by atoms with Crippen LogP contribution in [0.2, 0.25) is 0 Å². The van der Waals surface area contributed by atoms with Gasteiger partial charge in [0.25, 0.3) is 0 Å². The Morgan fingerprint density at radius 2 is 2.14 bits per heavy atom. The average molecular weight is 201 g/mol. The minimum atomic E-state index is -0.358. The fourth-order valence-electron chi connectivity index (χ4n) is 1.28. The third-order valence-corrected chi connectivity index (χ3v) is 1.76. The Bertz CT molecular complexity index is 210. The van der Waals surface area contributed by atoms with E-state index in [-0.39, 0.29) is 12.0 Å².